The van der Waals surface area contributed by atoms with Gasteiger partial charge in [-0.05, 0) is 31.5 Å². The summed E-state index contributed by atoms with van der Waals surface area (Å²) in [7, 11) is 0. The van der Waals surface area contributed by atoms with Gasteiger partial charge in [-0.15, -0.1) is 0 Å². The zero-order valence-electron chi connectivity index (χ0n) is 11.6. The van der Waals surface area contributed by atoms with E-state index in [1.54, 1.807) is 25.1 Å². The molecule has 0 saturated carbocycles. The van der Waals surface area contributed by atoms with Gasteiger partial charge in [0.05, 0.1) is 0 Å². The number of amides is 2. The largest absolute Gasteiger partial charge is 0.384 e. The molecule has 4 N–H and O–H groups in total. The minimum atomic E-state index is -0.461. The van der Waals surface area contributed by atoms with E-state index in [9.17, 15) is 9.59 Å². The van der Waals surface area contributed by atoms with E-state index in [-0.39, 0.29) is 25.0 Å². The lowest BCUT2D eigenvalue weighted by atomic mass is 10.0. The van der Waals surface area contributed by atoms with E-state index in [1.807, 2.05) is 6.92 Å². The normalized spacial score (nSPS) is 11.2. The van der Waals surface area contributed by atoms with E-state index < -0.39 is 5.91 Å². The first-order valence-electron chi connectivity index (χ1n) is 6.23. The molecule has 1 aromatic carbocycles. The topological polar surface area (TPSA) is 92.4 Å². The summed E-state index contributed by atoms with van der Waals surface area (Å²) in [5.74, 6) is 4.54. The molecule has 0 aliphatic rings. The number of primary amides is 1. The monoisotopic (exact) mass is 274 g/mol. The zero-order valence-corrected chi connectivity index (χ0v) is 11.6. The van der Waals surface area contributed by atoms with Crippen LogP contribution in [-0.4, -0.2) is 29.6 Å². The Kier molecular flexibility index (Phi) is 5.75. The molecule has 2 amide bonds. The molecule has 0 radical (unpaired) electrons. The summed E-state index contributed by atoms with van der Waals surface area (Å²) >= 11 is 0. The van der Waals surface area contributed by atoms with Gasteiger partial charge in [0.2, 0.25) is 5.91 Å². The van der Waals surface area contributed by atoms with Crippen LogP contribution in [0.15, 0.2) is 18.2 Å². The molecule has 0 aromatic heterocycles. The molecule has 0 heterocycles. The molecule has 0 aliphatic heterocycles. The summed E-state index contributed by atoms with van der Waals surface area (Å²) in [6, 6.07) is 4.90. The Bertz CT molecular complexity index is 570. The van der Waals surface area contributed by atoms with Crippen LogP contribution in [0.2, 0.25) is 0 Å². The molecule has 0 aliphatic carbocycles. The van der Waals surface area contributed by atoms with Gasteiger partial charge < -0.3 is 16.2 Å². The van der Waals surface area contributed by atoms with Gasteiger partial charge >= 0.3 is 0 Å². The van der Waals surface area contributed by atoms with Crippen LogP contribution in [0.4, 0.5) is 0 Å². The van der Waals surface area contributed by atoms with Crippen molar-refractivity contribution in [3.63, 3.8) is 0 Å². The Morgan fingerprint density at radius 3 is 2.75 bits per heavy atom. The molecule has 0 fully saturated rings. The molecule has 0 saturated heterocycles. The number of carbonyl (C=O) groups excluding carboxylic acids is 2. The number of nitrogens with one attached hydrogen (secondary N) is 1. The van der Waals surface area contributed by atoms with Gasteiger partial charge in [-0.2, -0.15) is 0 Å². The summed E-state index contributed by atoms with van der Waals surface area (Å²) < 4.78 is 0. The fourth-order valence-electron chi connectivity index (χ4n) is 1.74. The van der Waals surface area contributed by atoms with Crippen LogP contribution in [0.25, 0.3) is 0 Å². The van der Waals surface area contributed by atoms with Gasteiger partial charge in [0.25, 0.3) is 5.91 Å². The smallest absolute Gasteiger partial charge is 0.251 e. The third-order valence-electron chi connectivity index (χ3n) is 2.68. The number of rotatable bonds is 4. The van der Waals surface area contributed by atoms with Crippen molar-refractivity contribution in [3.8, 4) is 11.8 Å². The Labute approximate surface area is 118 Å². The number of aryl methyl sites for hydroxylation is 1. The quantitative estimate of drug-likeness (QED) is 0.691. The molecular weight excluding hydrogens is 256 g/mol. The lowest BCUT2D eigenvalue weighted by Gasteiger charge is -2.13. The standard InChI is InChI=1S/C15H18N2O3/c1-10-5-6-12(4-3-7-18)9-13(10)15(20)17-11(2)8-14(16)19/h5-6,9,11,18H,7-8H2,1-2H3,(H2,16,19)(H,17,20). The summed E-state index contributed by atoms with van der Waals surface area (Å²) in [6.45, 7) is 3.30. The van der Waals surface area contributed by atoms with Gasteiger partial charge in [-0.25, -0.2) is 0 Å². The number of aliphatic hydroxyl groups excluding tert-OH is 1. The molecular formula is C15H18N2O3. The maximum Gasteiger partial charge on any atom is 0.251 e. The van der Waals surface area contributed by atoms with Crippen LogP contribution in [0, 0.1) is 18.8 Å². The fraction of sp³-hybridized carbons (Fsp3) is 0.333. The van der Waals surface area contributed by atoms with Crippen LogP contribution in [0.5, 0.6) is 0 Å². The minimum absolute atomic E-state index is 0.0921. The predicted molar refractivity (Wildman–Crippen MR) is 75.9 cm³/mol. The van der Waals surface area contributed by atoms with E-state index in [2.05, 4.69) is 17.2 Å². The van der Waals surface area contributed by atoms with Crippen LogP contribution >= 0.6 is 0 Å². The van der Waals surface area contributed by atoms with Gasteiger partial charge in [0, 0.05) is 23.6 Å². The molecule has 0 spiro atoms. The lowest BCUT2D eigenvalue weighted by molar-refractivity contribution is -0.118. The second-order valence-corrected chi connectivity index (χ2v) is 4.53. The Morgan fingerprint density at radius 2 is 2.15 bits per heavy atom. The van der Waals surface area contributed by atoms with Crippen molar-refractivity contribution in [1.29, 1.82) is 0 Å². The highest BCUT2D eigenvalue weighted by molar-refractivity contribution is 5.96. The maximum absolute atomic E-state index is 12.1. The number of benzene rings is 1. The number of hydrogen-bond donors (Lipinski definition) is 3. The average molecular weight is 274 g/mol. The Balaban J connectivity index is 2.89. The number of hydrogen-bond acceptors (Lipinski definition) is 3. The van der Waals surface area contributed by atoms with E-state index in [4.69, 9.17) is 10.8 Å². The first-order valence-corrected chi connectivity index (χ1v) is 6.23. The average Bonchev–Trinajstić information content (AvgIpc) is 2.36. The van der Waals surface area contributed by atoms with Crippen molar-refractivity contribution in [2.24, 2.45) is 5.73 Å². The van der Waals surface area contributed by atoms with E-state index in [0.29, 0.717) is 11.1 Å². The van der Waals surface area contributed by atoms with Crippen molar-refractivity contribution < 1.29 is 14.7 Å². The molecule has 20 heavy (non-hydrogen) atoms. The fourth-order valence-corrected chi connectivity index (χ4v) is 1.74. The summed E-state index contributed by atoms with van der Waals surface area (Å²) in [4.78, 5) is 22.9. The second-order valence-electron chi connectivity index (χ2n) is 4.53. The lowest BCUT2D eigenvalue weighted by Crippen LogP contribution is -2.36. The van der Waals surface area contributed by atoms with Crippen molar-refractivity contribution in [1.82, 2.24) is 5.32 Å². The highest BCUT2D eigenvalue weighted by Crippen LogP contribution is 2.11. The van der Waals surface area contributed by atoms with Crippen LogP contribution in [-0.2, 0) is 4.79 Å². The Morgan fingerprint density at radius 1 is 1.45 bits per heavy atom. The van der Waals surface area contributed by atoms with Crippen molar-refractivity contribution >= 4 is 11.8 Å². The van der Waals surface area contributed by atoms with Gasteiger partial charge in [-0.3, -0.25) is 9.59 Å². The minimum Gasteiger partial charge on any atom is -0.384 e. The molecule has 0 bridgehead atoms. The van der Waals surface area contributed by atoms with Crippen molar-refractivity contribution in [2.45, 2.75) is 26.3 Å². The van der Waals surface area contributed by atoms with E-state index >= 15 is 0 Å². The molecule has 1 aromatic rings. The third-order valence-corrected chi connectivity index (χ3v) is 2.68. The third kappa shape index (κ3) is 4.75. The summed E-state index contributed by atoms with van der Waals surface area (Å²) in [5, 5.41) is 11.4. The summed E-state index contributed by atoms with van der Waals surface area (Å²) in [6.07, 6.45) is 0.0921. The Hall–Kier alpha value is -2.32. The number of nitrogens with two attached hydrogens (primary N) is 1. The molecule has 5 heteroatoms. The molecule has 1 atom stereocenters. The highest BCUT2D eigenvalue weighted by Gasteiger charge is 2.13. The predicted octanol–water partition coefficient (Wildman–Crippen LogP) is 0.333. The number of carbonyl (C=O) groups is 2. The van der Waals surface area contributed by atoms with Crippen molar-refractivity contribution in [2.75, 3.05) is 6.61 Å². The molecule has 5 nitrogen and oxygen atoms in total. The SMILES string of the molecule is Cc1ccc(C#CCO)cc1C(=O)NC(C)CC(N)=O. The van der Waals surface area contributed by atoms with E-state index in [0.717, 1.165) is 5.56 Å². The van der Waals surface area contributed by atoms with Gasteiger partial charge in [0.15, 0.2) is 0 Å². The van der Waals surface area contributed by atoms with Gasteiger partial charge in [-0.1, -0.05) is 17.9 Å². The zero-order chi connectivity index (χ0) is 15.1. The van der Waals surface area contributed by atoms with Crippen LogP contribution in [0.3, 0.4) is 0 Å². The number of aliphatic hydroxyl groups is 1. The highest BCUT2D eigenvalue weighted by atomic mass is 16.2. The summed E-state index contributed by atoms with van der Waals surface area (Å²) in [5.41, 5.74) is 7.04. The first-order chi connectivity index (χ1) is 9.43. The van der Waals surface area contributed by atoms with Crippen LogP contribution in [0.1, 0.15) is 34.8 Å². The molecule has 1 unspecified atom stereocenters. The maximum atomic E-state index is 12.1. The molecule has 106 valence electrons. The van der Waals surface area contributed by atoms with Crippen LogP contribution < -0.4 is 11.1 Å². The van der Waals surface area contributed by atoms with E-state index in [1.165, 1.54) is 0 Å². The van der Waals surface area contributed by atoms with Crippen molar-refractivity contribution in [3.05, 3.63) is 34.9 Å². The van der Waals surface area contributed by atoms with Gasteiger partial charge in [0.1, 0.15) is 6.61 Å². The molecule has 1 rings (SSSR count). The first kappa shape index (κ1) is 15.7. The second kappa shape index (κ2) is 7.31.